The van der Waals surface area contributed by atoms with Gasteiger partial charge in [-0.05, 0) is 154 Å². The molecule has 0 saturated carbocycles. The third-order valence-electron chi connectivity index (χ3n) is 20.2. The number of H-pyrrole nitrogens is 1. The van der Waals surface area contributed by atoms with Crippen LogP contribution in [-0.2, 0) is 67.0 Å². The predicted octanol–water partition coefficient (Wildman–Crippen LogP) is 14.2. The number of nitrogens with two attached hydrogens (primary N) is 1. The van der Waals surface area contributed by atoms with Crippen molar-refractivity contribution in [2.75, 3.05) is 42.7 Å². The van der Waals surface area contributed by atoms with Gasteiger partial charge in [0.2, 0.25) is 0 Å². The molecule has 9 aromatic heterocycles. The van der Waals surface area contributed by atoms with Crippen molar-refractivity contribution in [2.24, 2.45) is 26.9 Å². The number of amides is 3. The zero-order chi connectivity index (χ0) is 86.9. The number of fused-ring (bicyclic) bond motifs is 3. The first-order valence-corrected chi connectivity index (χ1v) is 39.1. The number of ether oxygens (including phenoxy) is 6. The lowest BCUT2D eigenvalue weighted by atomic mass is 10.0. The number of aryl methyl sites for hydroxylation is 9. The Bertz CT molecular complexity index is 6510. The van der Waals surface area contributed by atoms with Crippen LogP contribution in [0.4, 0.5) is 13.2 Å². The number of hydrogen-bond donors (Lipinski definition) is 4. The molecule has 33 nitrogen and oxygen atoms in total. The molecule has 9 heterocycles. The number of halogens is 4. The van der Waals surface area contributed by atoms with Crippen molar-refractivity contribution < 1.29 is 56.0 Å². The highest BCUT2D eigenvalue weighted by Crippen LogP contribution is 2.38. The second kappa shape index (κ2) is 39.3. The van der Waals surface area contributed by atoms with Gasteiger partial charge in [0.25, 0.3) is 17.7 Å². The van der Waals surface area contributed by atoms with Crippen LogP contribution in [-0.4, -0.2) is 164 Å². The van der Waals surface area contributed by atoms with E-state index in [1.54, 1.807) is 119 Å². The van der Waals surface area contributed by atoms with E-state index in [2.05, 4.69) is 99.7 Å². The summed E-state index contributed by atoms with van der Waals surface area (Å²) in [6.07, 6.45) is 6.38. The summed E-state index contributed by atoms with van der Waals surface area (Å²) in [5.41, 5.74) is 15.5. The summed E-state index contributed by atoms with van der Waals surface area (Å²) >= 11 is 3.21. The van der Waals surface area contributed by atoms with Gasteiger partial charge in [-0.2, -0.15) is 35.7 Å². The van der Waals surface area contributed by atoms with Crippen LogP contribution in [0.1, 0.15) is 106 Å². The van der Waals surface area contributed by atoms with Gasteiger partial charge in [0.15, 0.2) is 34.9 Å². The van der Waals surface area contributed by atoms with Crippen LogP contribution < -0.4 is 44.8 Å². The van der Waals surface area contributed by atoms with Crippen molar-refractivity contribution in [1.82, 2.24) is 114 Å². The molecule has 0 spiro atoms. The van der Waals surface area contributed by atoms with Gasteiger partial charge in [-0.15, -0.1) is 20.4 Å². The predicted molar refractivity (Wildman–Crippen MR) is 467 cm³/mol. The first kappa shape index (κ1) is 90.2. The molecule has 16 aromatic rings. The number of carbonyl (C=O) groups excluding carboxylic acids is 3. The quantitative estimate of drug-likeness (QED) is 0.0413. The highest BCUT2D eigenvalue weighted by Gasteiger charge is 2.30. The number of nitrogens with zero attached hydrogens (tertiary/aromatic N) is 20. The molecule has 5 N–H and O–H groups in total. The van der Waals surface area contributed by atoms with E-state index in [-0.39, 0.29) is 71.9 Å². The molecule has 0 aliphatic rings. The van der Waals surface area contributed by atoms with Crippen molar-refractivity contribution in [3.05, 3.63) is 224 Å². The fraction of sp³-hybridized carbons (Fsp3) is 0.276. The summed E-state index contributed by atoms with van der Waals surface area (Å²) in [4.78, 5) is 42.3. The number of rotatable bonds is 25. The summed E-state index contributed by atoms with van der Waals surface area (Å²) < 4.78 is 92.6. The maximum absolute atomic E-state index is 16.8. The summed E-state index contributed by atoms with van der Waals surface area (Å²) in [6, 6.07) is 36.4. The van der Waals surface area contributed by atoms with E-state index in [1.165, 1.54) is 48.9 Å². The molecule has 0 fully saturated rings. The molecule has 16 rings (SSSR count). The lowest BCUT2D eigenvalue weighted by Crippen LogP contribution is -2.24. The first-order valence-electron chi connectivity index (χ1n) is 38.3. The van der Waals surface area contributed by atoms with Gasteiger partial charge in [-0.1, -0.05) is 39.1 Å². The van der Waals surface area contributed by atoms with Gasteiger partial charge in [0.1, 0.15) is 69.5 Å². The molecule has 7 aromatic carbocycles. The molecular weight excluding hydrogens is 1660 g/mol. The fourth-order valence-corrected chi connectivity index (χ4v) is 14.4. The standard InChI is InChI=1S/C34H35FN8O4.C18H17BrFN3O3.C17H17FN8O.C16H19N5O.2CH4/c1-7-43-28(14-20(2)40-43)32-38-39-33(42(32)19-21-8-11-23(45-4)12-9-21)30-26-18-37-41(3)27(26)16-25(31(30)35)34(44)36-17-22-10-13-24(46-5)15-29(22)47-6;1-23-14-7-12(17(20)16(19)13(14)9-22-23)18(24)21-8-10-4-5-11(25-2)6-15(10)26-3;1-4-26-12(5-8(2)24-26)16-21-17(23-22-16)13-10-7-20-25(3)11(10)6-9(14(13)18)15(19)27;1-4-21-15(9-12(2)19-21)16-18-17-11-20(16)10-13-5-7-14(22-3)8-6-13;;/h8-16,18H,7,17,19H2,1-6H3,(H,36,44);4-7,9H,8H2,1-3H3,(H,21,24);5-7H,4H2,1-3H3,(H2,19,27)(H,21,22,23);5-9,11H,4,10H2,1-3H3;2*1H4. The second-order valence-corrected chi connectivity index (χ2v) is 28.6. The molecule has 0 aliphatic heterocycles. The SMILES string of the molecule is C.C.CCn1nc(C)cc1-c1nc(-c2c(F)c(C(N)=O)cc3c2cnn3C)n[nH]1.CCn1nc(C)cc1-c1nnc(-c2c(F)c(C(=O)NCc3ccc(OC)cc3OC)cc3c2cnn3C)n1Cc1ccc(OC)cc1.CCn1nc(C)cc1-c1nncn1Cc1ccc(OC)cc1.COc1ccc(CNC(=O)c2cc3c(cnn3C)c(Br)c2F)c(OC)c1. The number of hydrogen-bond acceptors (Lipinski definition) is 21. The third kappa shape index (κ3) is 18.8. The maximum atomic E-state index is 16.8. The van der Waals surface area contributed by atoms with Crippen LogP contribution in [0.2, 0.25) is 0 Å². The Hall–Kier alpha value is -14.5. The minimum absolute atomic E-state index is 0. The van der Waals surface area contributed by atoms with Crippen molar-refractivity contribution in [3.63, 3.8) is 0 Å². The summed E-state index contributed by atoms with van der Waals surface area (Å²) in [7, 11) is 14.6. The Labute approximate surface area is 720 Å². The van der Waals surface area contributed by atoms with Gasteiger partial charge < -0.3 is 53.9 Å². The van der Waals surface area contributed by atoms with E-state index in [4.69, 9.17) is 34.2 Å². The highest BCUT2D eigenvalue weighted by molar-refractivity contribution is 9.10. The normalized spacial score (nSPS) is 10.9. The second-order valence-electron chi connectivity index (χ2n) is 27.8. The maximum Gasteiger partial charge on any atom is 0.254 e. The Kier molecular flexibility index (Phi) is 28.6. The summed E-state index contributed by atoms with van der Waals surface area (Å²) in [5, 5.41) is 57.6. The highest BCUT2D eigenvalue weighted by atomic mass is 79.9. The number of nitrogens with one attached hydrogen (secondary N) is 3. The van der Waals surface area contributed by atoms with Crippen molar-refractivity contribution >= 4 is 66.4 Å². The summed E-state index contributed by atoms with van der Waals surface area (Å²) in [6.45, 7) is 15.1. The molecule has 0 saturated heterocycles. The van der Waals surface area contributed by atoms with Gasteiger partial charge >= 0.3 is 0 Å². The zero-order valence-corrected chi connectivity index (χ0v) is 71.1. The van der Waals surface area contributed by atoms with Crippen LogP contribution >= 0.6 is 15.9 Å². The van der Waals surface area contributed by atoms with Gasteiger partial charge in [-0.25, -0.2) is 18.2 Å². The van der Waals surface area contributed by atoms with E-state index in [9.17, 15) is 18.8 Å². The average molecular weight is 1760 g/mol. The minimum Gasteiger partial charge on any atom is -0.497 e. The Morgan fingerprint density at radius 3 is 1.39 bits per heavy atom. The summed E-state index contributed by atoms with van der Waals surface area (Å²) in [5.74, 6) is 1.98. The van der Waals surface area contributed by atoms with E-state index < -0.39 is 35.2 Å². The average Bonchev–Trinajstić information content (AvgIpc) is 1.57. The molecule has 124 heavy (non-hydrogen) atoms. The Morgan fingerprint density at radius 2 is 0.903 bits per heavy atom. The van der Waals surface area contributed by atoms with Crippen molar-refractivity contribution in [2.45, 2.75) is 102 Å². The zero-order valence-electron chi connectivity index (χ0n) is 69.5. The van der Waals surface area contributed by atoms with Crippen LogP contribution in [0.15, 0.2) is 151 Å². The third-order valence-corrected chi connectivity index (χ3v) is 20.9. The number of aromatic amines is 1. The molecule has 646 valence electrons. The topological polar surface area (TPSA) is 367 Å². The van der Waals surface area contributed by atoms with Gasteiger partial charge in [0.05, 0.1) is 140 Å². The lowest BCUT2D eigenvalue weighted by molar-refractivity contribution is 0.0938. The van der Waals surface area contributed by atoms with E-state index in [1.807, 2.05) is 120 Å². The van der Waals surface area contributed by atoms with Crippen LogP contribution in [0.5, 0.6) is 34.5 Å². The van der Waals surface area contributed by atoms with E-state index in [0.717, 1.165) is 63.4 Å². The molecule has 0 unspecified atom stereocenters. The smallest absolute Gasteiger partial charge is 0.254 e. The van der Waals surface area contributed by atoms with Gasteiger partial charge in [0, 0.05) is 93.3 Å². The molecule has 3 amide bonds. The van der Waals surface area contributed by atoms with Crippen LogP contribution in [0, 0.1) is 38.2 Å². The Morgan fingerprint density at radius 1 is 0.484 bits per heavy atom. The monoisotopic (exact) mass is 1760 g/mol. The van der Waals surface area contributed by atoms with Crippen LogP contribution in [0.25, 0.3) is 90.0 Å². The fourth-order valence-electron chi connectivity index (χ4n) is 13.9. The van der Waals surface area contributed by atoms with E-state index in [0.29, 0.717) is 105 Å². The number of primary amides is 1. The van der Waals surface area contributed by atoms with Gasteiger partial charge in [-0.3, -0.25) is 47.6 Å². The number of benzene rings is 7. The Balaban J connectivity index is 0.000000168. The number of aromatic nitrogens is 21. The first-order chi connectivity index (χ1) is 58.8. The molecular formula is C87H96BrF3N24O9. The molecule has 37 heteroatoms. The molecule has 0 radical (unpaired) electrons. The van der Waals surface area contributed by atoms with Crippen molar-refractivity contribution in [3.8, 4) is 91.8 Å². The van der Waals surface area contributed by atoms with E-state index >= 15 is 8.78 Å². The van der Waals surface area contributed by atoms with Crippen molar-refractivity contribution in [1.29, 1.82) is 0 Å². The number of carbonyl (C=O) groups is 3. The molecule has 0 bridgehead atoms. The largest absolute Gasteiger partial charge is 0.497 e. The molecule has 0 atom stereocenters. The molecule has 0 aliphatic carbocycles. The van der Waals surface area contributed by atoms with Crippen LogP contribution in [0.3, 0.4) is 0 Å². The minimum atomic E-state index is -0.868. The lowest BCUT2D eigenvalue weighted by Gasteiger charge is -2.15. The number of methoxy groups -OCH3 is 6.